The summed E-state index contributed by atoms with van der Waals surface area (Å²) in [7, 11) is 0. The van der Waals surface area contributed by atoms with E-state index >= 15 is 0 Å². The van der Waals surface area contributed by atoms with Gasteiger partial charge in [0.15, 0.2) is 6.61 Å². The van der Waals surface area contributed by atoms with Gasteiger partial charge in [0.2, 0.25) is 0 Å². The number of carbonyl (C=O) groups excluding carboxylic acids is 1. The molecule has 5 heteroatoms. The van der Waals surface area contributed by atoms with E-state index in [-0.39, 0.29) is 12.5 Å². The number of hydrogen-bond acceptors (Lipinski definition) is 4. The summed E-state index contributed by atoms with van der Waals surface area (Å²) in [5.41, 5.74) is 1.98. The molecule has 2 aromatic heterocycles. The molecule has 100 valence electrons. The van der Waals surface area contributed by atoms with Crippen molar-refractivity contribution in [2.45, 2.75) is 20.4 Å². The van der Waals surface area contributed by atoms with Gasteiger partial charge in [-0.1, -0.05) is 0 Å². The van der Waals surface area contributed by atoms with Crippen molar-refractivity contribution in [2.24, 2.45) is 0 Å². The molecule has 4 nitrogen and oxygen atoms in total. The fourth-order valence-corrected chi connectivity index (χ4v) is 2.43. The lowest BCUT2D eigenvalue weighted by Gasteiger charge is -2.08. The summed E-state index contributed by atoms with van der Waals surface area (Å²) in [6, 6.07) is 5.63. The summed E-state index contributed by atoms with van der Waals surface area (Å²) >= 11 is 1.64. The molecule has 0 spiro atoms. The predicted molar refractivity (Wildman–Crippen MR) is 75.4 cm³/mol. The van der Waals surface area contributed by atoms with E-state index in [1.807, 2.05) is 25.3 Å². The van der Waals surface area contributed by atoms with E-state index < -0.39 is 0 Å². The van der Waals surface area contributed by atoms with Crippen molar-refractivity contribution in [2.75, 3.05) is 6.61 Å². The summed E-state index contributed by atoms with van der Waals surface area (Å²) in [6.45, 7) is 4.45. The summed E-state index contributed by atoms with van der Waals surface area (Å²) in [5.74, 6) is 0.515. The van der Waals surface area contributed by atoms with Crippen molar-refractivity contribution in [3.05, 3.63) is 45.9 Å². The van der Waals surface area contributed by atoms with Gasteiger partial charge in [0, 0.05) is 11.1 Å². The fraction of sp³-hybridized carbons (Fsp3) is 0.286. The van der Waals surface area contributed by atoms with Crippen molar-refractivity contribution in [3.8, 4) is 5.75 Å². The second kappa shape index (κ2) is 6.33. The monoisotopic (exact) mass is 276 g/mol. The highest BCUT2D eigenvalue weighted by Crippen LogP contribution is 2.15. The average molecular weight is 276 g/mol. The minimum atomic E-state index is -0.129. The number of nitrogens with zero attached hydrogens (tertiary/aromatic N) is 1. The largest absolute Gasteiger partial charge is 0.482 e. The molecule has 0 atom stereocenters. The minimum Gasteiger partial charge on any atom is -0.482 e. The highest BCUT2D eigenvalue weighted by molar-refractivity contribution is 7.10. The van der Waals surface area contributed by atoms with Gasteiger partial charge in [-0.2, -0.15) is 0 Å². The Morgan fingerprint density at radius 3 is 2.95 bits per heavy atom. The molecule has 19 heavy (non-hydrogen) atoms. The predicted octanol–water partition coefficient (Wildman–Crippen LogP) is 2.46. The highest BCUT2D eigenvalue weighted by Gasteiger charge is 2.06. The van der Waals surface area contributed by atoms with Gasteiger partial charge in [0.05, 0.1) is 12.2 Å². The molecule has 1 amide bonds. The van der Waals surface area contributed by atoms with Gasteiger partial charge in [-0.05, 0) is 43.0 Å². The van der Waals surface area contributed by atoms with Crippen molar-refractivity contribution >= 4 is 17.2 Å². The van der Waals surface area contributed by atoms with Gasteiger partial charge in [-0.15, -0.1) is 11.3 Å². The number of hydrogen-bond donors (Lipinski definition) is 1. The molecule has 0 aliphatic heterocycles. The summed E-state index contributed by atoms with van der Waals surface area (Å²) in [6.07, 6.45) is 1.70. The van der Waals surface area contributed by atoms with Crippen LogP contribution in [0.15, 0.2) is 29.8 Å². The maximum Gasteiger partial charge on any atom is 0.258 e. The van der Waals surface area contributed by atoms with Crippen LogP contribution in [0.3, 0.4) is 0 Å². The van der Waals surface area contributed by atoms with Crippen molar-refractivity contribution < 1.29 is 9.53 Å². The Bertz CT molecular complexity index is 566. The van der Waals surface area contributed by atoms with Gasteiger partial charge >= 0.3 is 0 Å². The van der Waals surface area contributed by atoms with E-state index in [0.717, 1.165) is 5.69 Å². The van der Waals surface area contributed by atoms with Crippen LogP contribution in [0, 0.1) is 13.8 Å². The van der Waals surface area contributed by atoms with Crippen molar-refractivity contribution in [1.82, 2.24) is 10.3 Å². The Morgan fingerprint density at radius 2 is 2.26 bits per heavy atom. The Kier molecular flexibility index (Phi) is 4.52. The molecule has 0 aliphatic carbocycles. The molecule has 2 rings (SSSR count). The van der Waals surface area contributed by atoms with Crippen LogP contribution in [0.1, 0.15) is 16.1 Å². The average Bonchev–Trinajstić information content (AvgIpc) is 2.81. The van der Waals surface area contributed by atoms with E-state index in [1.54, 1.807) is 29.7 Å². The number of amides is 1. The Hall–Kier alpha value is -1.88. The Balaban J connectivity index is 1.79. The Labute approximate surface area is 116 Å². The first-order valence-corrected chi connectivity index (χ1v) is 6.89. The van der Waals surface area contributed by atoms with Gasteiger partial charge < -0.3 is 10.1 Å². The summed E-state index contributed by atoms with van der Waals surface area (Å²) in [5, 5.41) is 4.86. The first kappa shape index (κ1) is 13.5. The lowest BCUT2D eigenvalue weighted by atomic mass is 10.3. The first-order chi connectivity index (χ1) is 9.16. The summed E-state index contributed by atoms with van der Waals surface area (Å²) in [4.78, 5) is 17.0. The lowest BCUT2D eigenvalue weighted by molar-refractivity contribution is -0.123. The highest BCUT2D eigenvalue weighted by atomic mass is 32.1. The molecule has 0 saturated carbocycles. The molecule has 0 aliphatic rings. The van der Waals surface area contributed by atoms with Crippen LogP contribution in [0.5, 0.6) is 5.75 Å². The minimum absolute atomic E-state index is 0.0109. The molecule has 1 N–H and O–H groups in total. The summed E-state index contributed by atoms with van der Waals surface area (Å²) < 4.78 is 5.43. The number of nitrogens with one attached hydrogen (secondary N) is 1. The third-order valence-corrected chi connectivity index (χ3v) is 3.75. The number of rotatable bonds is 5. The molecule has 2 heterocycles. The maximum absolute atomic E-state index is 11.7. The zero-order chi connectivity index (χ0) is 13.7. The van der Waals surface area contributed by atoms with Crippen molar-refractivity contribution in [3.63, 3.8) is 0 Å². The zero-order valence-electron chi connectivity index (χ0n) is 11.0. The van der Waals surface area contributed by atoms with Gasteiger partial charge in [-0.25, -0.2) is 0 Å². The maximum atomic E-state index is 11.7. The second-order valence-corrected chi connectivity index (χ2v) is 5.18. The smallest absolute Gasteiger partial charge is 0.258 e. The number of aryl methyl sites for hydroxylation is 2. The third kappa shape index (κ3) is 3.79. The standard InChI is InChI=1S/C14H16N2O2S/c1-10-5-7-19-13(10)8-16-14(17)9-18-12-4-3-6-15-11(12)2/h3-7H,8-9H2,1-2H3,(H,16,17). The Morgan fingerprint density at radius 1 is 1.42 bits per heavy atom. The van der Waals surface area contributed by atoms with Crippen molar-refractivity contribution in [1.29, 1.82) is 0 Å². The number of carbonyl (C=O) groups is 1. The van der Waals surface area contributed by atoms with E-state index in [0.29, 0.717) is 12.3 Å². The molecular weight excluding hydrogens is 260 g/mol. The lowest BCUT2D eigenvalue weighted by Crippen LogP contribution is -2.28. The molecule has 0 saturated heterocycles. The van der Waals surface area contributed by atoms with Crippen LogP contribution < -0.4 is 10.1 Å². The van der Waals surface area contributed by atoms with Crippen LogP contribution >= 0.6 is 11.3 Å². The first-order valence-electron chi connectivity index (χ1n) is 6.01. The fourth-order valence-electron chi connectivity index (χ4n) is 1.58. The normalized spacial score (nSPS) is 10.2. The SMILES string of the molecule is Cc1ccsc1CNC(=O)COc1cccnc1C. The number of ether oxygens (including phenoxy) is 1. The quantitative estimate of drug-likeness (QED) is 0.912. The van der Waals surface area contributed by atoms with Crippen LogP contribution in [0.4, 0.5) is 0 Å². The van der Waals surface area contributed by atoms with Crippen LogP contribution in [0.25, 0.3) is 0 Å². The van der Waals surface area contributed by atoms with Gasteiger partial charge in [-0.3, -0.25) is 9.78 Å². The topological polar surface area (TPSA) is 51.2 Å². The van der Waals surface area contributed by atoms with Crippen LogP contribution in [-0.4, -0.2) is 17.5 Å². The molecule has 0 fully saturated rings. The zero-order valence-corrected chi connectivity index (χ0v) is 11.8. The van der Waals surface area contributed by atoms with E-state index in [4.69, 9.17) is 4.74 Å². The molecule has 0 unspecified atom stereocenters. The molecule has 0 aromatic carbocycles. The second-order valence-electron chi connectivity index (χ2n) is 4.18. The molecule has 0 bridgehead atoms. The van der Waals surface area contributed by atoms with E-state index in [2.05, 4.69) is 10.3 Å². The van der Waals surface area contributed by atoms with E-state index in [1.165, 1.54) is 10.4 Å². The third-order valence-electron chi connectivity index (χ3n) is 2.73. The number of thiophene rings is 1. The van der Waals surface area contributed by atoms with Gasteiger partial charge in [0.1, 0.15) is 5.75 Å². The number of aromatic nitrogens is 1. The molecular formula is C14H16N2O2S. The van der Waals surface area contributed by atoms with Crippen LogP contribution in [-0.2, 0) is 11.3 Å². The van der Waals surface area contributed by atoms with E-state index in [9.17, 15) is 4.79 Å². The number of pyridine rings is 1. The molecule has 0 radical (unpaired) electrons. The van der Waals surface area contributed by atoms with Crippen LogP contribution in [0.2, 0.25) is 0 Å². The molecule has 2 aromatic rings. The van der Waals surface area contributed by atoms with Gasteiger partial charge in [0.25, 0.3) is 5.91 Å².